The highest BCUT2D eigenvalue weighted by Crippen LogP contribution is 2.21. The Morgan fingerprint density at radius 1 is 1.30 bits per heavy atom. The number of benzene rings is 1. The van der Waals surface area contributed by atoms with Crippen molar-refractivity contribution < 1.29 is 27.8 Å². The number of carbonyl (C=O) groups is 2. The predicted molar refractivity (Wildman–Crippen MR) is 64.5 cm³/mol. The monoisotopic (exact) mass is 285 g/mol. The van der Waals surface area contributed by atoms with E-state index in [4.69, 9.17) is 4.74 Å². The maximum Gasteiger partial charge on any atom is 0.387 e. The van der Waals surface area contributed by atoms with E-state index in [0.29, 0.717) is 0 Å². The Labute approximate surface area is 113 Å². The molecule has 0 radical (unpaired) electrons. The van der Waals surface area contributed by atoms with Crippen LogP contribution in [0.1, 0.15) is 23.2 Å². The second kappa shape index (κ2) is 6.31. The molecule has 1 amide bonds. The van der Waals surface area contributed by atoms with E-state index >= 15 is 0 Å². The first-order valence-electron chi connectivity index (χ1n) is 6.06. The summed E-state index contributed by atoms with van der Waals surface area (Å²) in [4.78, 5) is 23.1. The highest BCUT2D eigenvalue weighted by Gasteiger charge is 2.24. The second-order valence-electron chi connectivity index (χ2n) is 4.29. The summed E-state index contributed by atoms with van der Waals surface area (Å²) in [5.41, 5.74) is -0.146. The average Bonchev–Trinajstić information content (AvgIpc) is 3.20. The average molecular weight is 285 g/mol. The number of esters is 1. The third kappa shape index (κ3) is 4.18. The van der Waals surface area contributed by atoms with Crippen molar-refractivity contribution in [1.29, 1.82) is 0 Å². The smallest absolute Gasteiger partial charge is 0.387 e. The van der Waals surface area contributed by atoms with Crippen molar-refractivity contribution >= 4 is 11.9 Å². The lowest BCUT2D eigenvalue weighted by molar-refractivity contribution is -0.124. The lowest BCUT2D eigenvalue weighted by Gasteiger charge is -2.10. The summed E-state index contributed by atoms with van der Waals surface area (Å²) in [6.07, 6.45) is 1.84. The van der Waals surface area contributed by atoms with Gasteiger partial charge in [0.1, 0.15) is 11.3 Å². The Morgan fingerprint density at radius 2 is 2.00 bits per heavy atom. The number of hydrogen-bond acceptors (Lipinski definition) is 4. The van der Waals surface area contributed by atoms with Gasteiger partial charge in [0.25, 0.3) is 5.91 Å². The highest BCUT2D eigenvalue weighted by molar-refractivity contribution is 5.94. The number of ether oxygens (including phenoxy) is 2. The number of halogens is 2. The SMILES string of the molecule is O=C(COC(=O)c1ccccc1OC(F)F)NC1CC1. The van der Waals surface area contributed by atoms with Crippen LogP contribution in [0.25, 0.3) is 0 Å². The predicted octanol–water partition coefficient (Wildman–Crippen LogP) is 1.72. The van der Waals surface area contributed by atoms with Crippen molar-refractivity contribution in [2.75, 3.05) is 6.61 Å². The molecule has 0 unspecified atom stereocenters. The van der Waals surface area contributed by atoms with Crippen LogP contribution in [0.15, 0.2) is 24.3 Å². The molecule has 1 aromatic carbocycles. The molecule has 0 aromatic heterocycles. The number of hydrogen-bond donors (Lipinski definition) is 1. The minimum absolute atomic E-state index is 0.146. The molecule has 0 heterocycles. The lowest BCUT2D eigenvalue weighted by atomic mass is 10.2. The maximum absolute atomic E-state index is 12.2. The fourth-order valence-electron chi connectivity index (χ4n) is 1.54. The van der Waals surface area contributed by atoms with Crippen LogP contribution in [0.5, 0.6) is 5.75 Å². The number of alkyl halides is 2. The minimum Gasteiger partial charge on any atom is -0.452 e. The van der Waals surface area contributed by atoms with Gasteiger partial charge in [-0.1, -0.05) is 12.1 Å². The summed E-state index contributed by atoms with van der Waals surface area (Å²) < 4.78 is 33.4. The van der Waals surface area contributed by atoms with Crippen molar-refractivity contribution in [1.82, 2.24) is 5.32 Å². The van der Waals surface area contributed by atoms with Gasteiger partial charge in [0.15, 0.2) is 6.61 Å². The first-order valence-corrected chi connectivity index (χ1v) is 6.06. The standard InChI is InChI=1S/C13H13F2NO4/c14-13(15)20-10-4-2-1-3-9(10)12(18)19-7-11(17)16-8-5-6-8/h1-4,8,13H,5-7H2,(H,16,17). The molecule has 0 atom stereocenters. The summed E-state index contributed by atoms with van der Waals surface area (Å²) in [6, 6.07) is 5.62. The van der Waals surface area contributed by atoms with Gasteiger partial charge in [-0.15, -0.1) is 0 Å². The molecule has 1 aliphatic rings. The molecule has 1 saturated carbocycles. The molecule has 1 N–H and O–H groups in total. The van der Waals surface area contributed by atoms with Gasteiger partial charge in [-0.3, -0.25) is 4.79 Å². The van der Waals surface area contributed by atoms with E-state index in [2.05, 4.69) is 10.1 Å². The van der Waals surface area contributed by atoms with Crippen LogP contribution in [-0.2, 0) is 9.53 Å². The Kier molecular flexibility index (Phi) is 4.49. The normalized spacial score (nSPS) is 13.9. The summed E-state index contributed by atoms with van der Waals surface area (Å²) in [6.45, 7) is -3.49. The topological polar surface area (TPSA) is 64.6 Å². The van der Waals surface area contributed by atoms with E-state index in [0.717, 1.165) is 12.8 Å². The van der Waals surface area contributed by atoms with E-state index in [1.165, 1.54) is 24.3 Å². The zero-order chi connectivity index (χ0) is 14.5. The van der Waals surface area contributed by atoms with Gasteiger partial charge in [0.2, 0.25) is 0 Å². The number of para-hydroxylation sites is 1. The van der Waals surface area contributed by atoms with Crippen LogP contribution < -0.4 is 10.1 Å². The van der Waals surface area contributed by atoms with Crippen LogP contribution in [-0.4, -0.2) is 31.1 Å². The Hall–Kier alpha value is -2.18. The molecule has 7 heteroatoms. The van der Waals surface area contributed by atoms with Crippen molar-refractivity contribution in [3.63, 3.8) is 0 Å². The summed E-state index contributed by atoms with van der Waals surface area (Å²) in [5.74, 6) is -1.57. The molecule has 20 heavy (non-hydrogen) atoms. The third-order valence-corrected chi connectivity index (χ3v) is 2.60. The number of amides is 1. The molecule has 108 valence electrons. The van der Waals surface area contributed by atoms with Crippen LogP contribution in [0.2, 0.25) is 0 Å². The molecular formula is C13H13F2NO4. The fraction of sp³-hybridized carbons (Fsp3) is 0.385. The van der Waals surface area contributed by atoms with Crippen LogP contribution in [0.4, 0.5) is 8.78 Å². The van der Waals surface area contributed by atoms with E-state index in [9.17, 15) is 18.4 Å². The maximum atomic E-state index is 12.2. The summed E-state index contributed by atoms with van der Waals surface area (Å²) in [5, 5.41) is 2.64. The fourth-order valence-corrected chi connectivity index (χ4v) is 1.54. The molecule has 5 nitrogen and oxygen atoms in total. The number of nitrogens with one attached hydrogen (secondary N) is 1. The van der Waals surface area contributed by atoms with Crippen molar-refractivity contribution in [2.24, 2.45) is 0 Å². The molecule has 1 fully saturated rings. The van der Waals surface area contributed by atoms with Crippen LogP contribution in [0.3, 0.4) is 0 Å². The quantitative estimate of drug-likeness (QED) is 0.808. The molecule has 0 saturated heterocycles. The van der Waals surface area contributed by atoms with Crippen molar-refractivity contribution in [3.05, 3.63) is 29.8 Å². The Morgan fingerprint density at radius 3 is 2.65 bits per heavy atom. The minimum atomic E-state index is -3.04. The molecule has 1 aliphatic carbocycles. The van der Waals surface area contributed by atoms with Crippen LogP contribution in [0, 0.1) is 0 Å². The number of rotatable bonds is 6. The first-order chi connectivity index (χ1) is 9.56. The zero-order valence-corrected chi connectivity index (χ0v) is 10.5. The van der Waals surface area contributed by atoms with E-state index in [1.54, 1.807) is 0 Å². The molecule has 1 aromatic rings. The second-order valence-corrected chi connectivity index (χ2v) is 4.29. The lowest BCUT2D eigenvalue weighted by Crippen LogP contribution is -2.30. The van der Waals surface area contributed by atoms with E-state index in [1.807, 2.05) is 0 Å². The molecule has 0 bridgehead atoms. The molecule has 2 rings (SSSR count). The number of carbonyl (C=O) groups excluding carboxylic acids is 2. The Balaban J connectivity index is 1.92. The third-order valence-electron chi connectivity index (χ3n) is 2.60. The van der Waals surface area contributed by atoms with Crippen LogP contribution >= 0.6 is 0 Å². The van der Waals surface area contributed by atoms with Gasteiger partial charge in [0, 0.05) is 6.04 Å². The van der Waals surface area contributed by atoms with Crippen molar-refractivity contribution in [2.45, 2.75) is 25.5 Å². The Bertz CT molecular complexity index is 503. The largest absolute Gasteiger partial charge is 0.452 e. The van der Waals surface area contributed by atoms with Gasteiger partial charge in [-0.05, 0) is 25.0 Å². The zero-order valence-electron chi connectivity index (χ0n) is 10.5. The summed E-state index contributed by atoms with van der Waals surface area (Å²) in [7, 11) is 0. The molecular weight excluding hydrogens is 272 g/mol. The first kappa shape index (κ1) is 14.2. The van der Waals surface area contributed by atoms with Gasteiger partial charge < -0.3 is 14.8 Å². The van der Waals surface area contributed by atoms with Gasteiger partial charge in [-0.25, -0.2) is 4.79 Å². The van der Waals surface area contributed by atoms with Gasteiger partial charge >= 0.3 is 12.6 Å². The van der Waals surface area contributed by atoms with Gasteiger partial charge in [0.05, 0.1) is 0 Å². The van der Waals surface area contributed by atoms with Gasteiger partial charge in [-0.2, -0.15) is 8.78 Å². The molecule has 0 spiro atoms. The van der Waals surface area contributed by atoms with Crippen molar-refractivity contribution in [3.8, 4) is 5.75 Å². The molecule has 0 aliphatic heterocycles. The van der Waals surface area contributed by atoms with E-state index < -0.39 is 25.1 Å². The summed E-state index contributed by atoms with van der Waals surface area (Å²) >= 11 is 0. The van der Waals surface area contributed by atoms with E-state index in [-0.39, 0.29) is 17.4 Å². The highest BCUT2D eigenvalue weighted by atomic mass is 19.3.